The Balaban J connectivity index is 1.81. The number of aromatic nitrogens is 1. The molecule has 2 aromatic carbocycles. The van der Waals surface area contributed by atoms with Gasteiger partial charge in [0, 0.05) is 17.5 Å². The highest BCUT2D eigenvalue weighted by molar-refractivity contribution is 5.87. The van der Waals surface area contributed by atoms with Crippen LogP contribution in [-0.2, 0) is 12.8 Å². The predicted molar refractivity (Wildman–Crippen MR) is 92.9 cm³/mol. The van der Waals surface area contributed by atoms with Crippen molar-refractivity contribution >= 4 is 22.4 Å². The smallest absolute Gasteiger partial charge is 0.134 e. The average molecular weight is 288 g/mol. The van der Waals surface area contributed by atoms with E-state index in [1.165, 1.54) is 40.6 Å². The molecule has 0 amide bonds. The molecule has 4 rings (SSSR count). The molecule has 1 aliphatic heterocycles. The fourth-order valence-corrected chi connectivity index (χ4v) is 3.26. The SMILES string of the molecule is CCCCc1cccc2nc3c(cc12)Cc1ccccc1N3. The van der Waals surface area contributed by atoms with Crippen LogP contribution in [0.2, 0.25) is 0 Å². The summed E-state index contributed by atoms with van der Waals surface area (Å²) in [5, 5.41) is 4.80. The summed E-state index contributed by atoms with van der Waals surface area (Å²) < 4.78 is 0. The monoisotopic (exact) mass is 288 g/mol. The first kappa shape index (κ1) is 13.3. The minimum atomic E-state index is 0.962. The van der Waals surface area contributed by atoms with Crippen LogP contribution in [0.25, 0.3) is 10.9 Å². The molecule has 0 radical (unpaired) electrons. The molecule has 0 bridgehead atoms. The van der Waals surface area contributed by atoms with Gasteiger partial charge in [-0.25, -0.2) is 4.98 Å². The zero-order valence-electron chi connectivity index (χ0n) is 12.9. The summed E-state index contributed by atoms with van der Waals surface area (Å²) in [4.78, 5) is 4.87. The van der Waals surface area contributed by atoms with E-state index < -0.39 is 0 Å². The highest BCUT2D eigenvalue weighted by Crippen LogP contribution is 2.34. The molecule has 0 saturated heterocycles. The zero-order valence-corrected chi connectivity index (χ0v) is 12.9. The van der Waals surface area contributed by atoms with Crippen molar-refractivity contribution in [1.29, 1.82) is 0 Å². The molecule has 0 fully saturated rings. The molecule has 3 aromatic rings. The van der Waals surface area contributed by atoms with Gasteiger partial charge in [0.15, 0.2) is 0 Å². The lowest BCUT2D eigenvalue weighted by Crippen LogP contribution is -2.08. The van der Waals surface area contributed by atoms with Gasteiger partial charge in [-0.15, -0.1) is 0 Å². The lowest BCUT2D eigenvalue weighted by molar-refractivity contribution is 0.799. The van der Waals surface area contributed by atoms with E-state index in [2.05, 4.69) is 60.8 Å². The fourth-order valence-electron chi connectivity index (χ4n) is 3.26. The van der Waals surface area contributed by atoms with Gasteiger partial charge < -0.3 is 5.32 Å². The zero-order chi connectivity index (χ0) is 14.9. The summed E-state index contributed by atoms with van der Waals surface area (Å²) in [5.74, 6) is 1.01. The number of anilines is 2. The largest absolute Gasteiger partial charge is 0.340 e. The summed E-state index contributed by atoms with van der Waals surface area (Å²) in [7, 11) is 0. The van der Waals surface area contributed by atoms with E-state index in [9.17, 15) is 0 Å². The van der Waals surface area contributed by atoms with E-state index in [0.29, 0.717) is 0 Å². The third kappa shape index (κ3) is 2.25. The number of hydrogen-bond acceptors (Lipinski definition) is 2. The summed E-state index contributed by atoms with van der Waals surface area (Å²) in [6, 6.07) is 17.3. The summed E-state index contributed by atoms with van der Waals surface area (Å²) in [6.07, 6.45) is 4.56. The molecule has 0 atom stereocenters. The van der Waals surface area contributed by atoms with Crippen molar-refractivity contribution in [3.8, 4) is 0 Å². The van der Waals surface area contributed by atoms with Gasteiger partial charge >= 0.3 is 0 Å². The van der Waals surface area contributed by atoms with Gasteiger partial charge in [0.2, 0.25) is 0 Å². The molecule has 1 aliphatic rings. The maximum absolute atomic E-state index is 4.87. The van der Waals surface area contributed by atoms with Gasteiger partial charge in [0.05, 0.1) is 5.52 Å². The number of unbranched alkanes of at least 4 members (excludes halogenated alkanes) is 1. The van der Waals surface area contributed by atoms with E-state index in [0.717, 1.165) is 24.2 Å². The van der Waals surface area contributed by atoms with Gasteiger partial charge in [-0.05, 0) is 47.7 Å². The Labute approximate surface area is 131 Å². The van der Waals surface area contributed by atoms with Gasteiger partial charge in [0.1, 0.15) is 5.82 Å². The Morgan fingerprint density at radius 2 is 1.95 bits per heavy atom. The van der Waals surface area contributed by atoms with Crippen molar-refractivity contribution in [1.82, 2.24) is 4.98 Å². The Morgan fingerprint density at radius 1 is 1.05 bits per heavy atom. The number of pyridine rings is 1. The number of hydrogen-bond donors (Lipinski definition) is 1. The normalized spacial score (nSPS) is 12.6. The third-order valence-electron chi connectivity index (χ3n) is 4.48. The van der Waals surface area contributed by atoms with Crippen LogP contribution in [0.4, 0.5) is 11.5 Å². The van der Waals surface area contributed by atoms with Crippen molar-refractivity contribution < 1.29 is 0 Å². The van der Waals surface area contributed by atoms with Crippen molar-refractivity contribution in [2.45, 2.75) is 32.6 Å². The predicted octanol–water partition coefficient (Wildman–Crippen LogP) is 5.23. The van der Waals surface area contributed by atoms with Crippen LogP contribution in [0.15, 0.2) is 48.5 Å². The number of aryl methyl sites for hydroxylation is 1. The summed E-state index contributed by atoms with van der Waals surface area (Å²) >= 11 is 0. The first-order chi connectivity index (χ1) is 10.8. The minimum Gasteiger partial charge on any atom is -0.340 e. The second-order valence-corrected chi connectivity index (χ2v) is 6.04. The van der Waals surface area contributed by atoms with Crippen LogP contribution in [0.3, 0.4) is 0 Å². The molecular formula is C20H20N2. The number of rotatable bonds is 3. The maximum atomic E-state index is 4.87. The Bertz CT molecular complexity index is 836. The van der Waals surface area contributed by atoms with Crippen LogP contribution in [-0.4, -0.2) is 4.98 Å². The third-order valence-corrected chi connectivity index (χ3v) is 4.48. The lowest BCUT2D eigenvalue weighted by Gasteiger charge is -2.21. The van der Waals surface area contributed by atoms with Gasteiger partial charge in [-0.3, -0.25) is 0 Å². The quantitative estimate of drug-likeness (QED) is 0.558. The first-order valence-corrected chi connectivity index (χ1v) is 8.11. The molecule has 0 unspecified atom stereocenters. The maximum Gasteiger partial charge on any atom is 0.134 e. The Morgan fingerprint density at radius 3 is 2.86 bits per heavy atom. The standard InChI is InChI=1S/C20H20N2/c1-2-3-7-14-9-6-11-19-17(14)13-16-12-15-8-4-5-10-18(15)21-20(16)22-19/h4-6,8-11,13H,2-3,7,12H2,1H3,(H,21,22). The van der Waals surface area contributed by atoms with Crippen molar-refractivity contribution in [3.63, 3.8) is 0 Å². The highest BCUT2D eigenvalue weighted by atomic mass is 15.0. The summed E-state index contributed by atoms with van der Waals surface area (Å²) in [5.41, 5.74) is 6.36. The van der Waals surface area contributed by atoms with Crippen LogP contribution >= 0.6 is 0 Å². The van der Waals surface area contributed by atoms with Crippen molar-refractivity contribution in [2.24, 2.45) is 0 Å². The van der Waals surface area contributed by atoms with Gasteiger partial charge in [-0.1, -0.05) is 43.7 Å². The molecular weight excluding hydrogens is 268 g/mol. The molecule has 0 saturated carbocycles. The molecule has 0 spiro atoms. The molecule has 22 heavy (non-hydrogen) atoms. The van der Waals surface area contributed by atoms with E-state index in [4.69, 9.17) is 4.98 Å². The molecule has 1 aromatic heterocycles. The van der Waals surface area contributed by atoms with E-state index in [1.807, 2.05) is 0 Å². The van der Waals surface area contributed by atoms with E-state index >= 15 is 0 Å². The first-order valence-electron chi connectivity index (χ1n) is 8.11. The number of nitrogens with one attached hydrogen (secondary N) is 1. The second-order valence-electron chi connectivity index (χ2n) is 6.04. The van der Waals surface area contributed by atoms with Crippen LogP contribution in [0.5, 0.6) is 0 Å². The fraction of sp³-hybridized carbons (Fsp3) is 0.250. The van der Waals surface area contributed by atoms with E-state index in [1.54, 1.807) is 0 Å². The van der Waals surface area contributed by atoms with Crippen molar-refractivity contribution in [2.75, 3.05) is 5.32 Å². The molecule has 2 nitrogen and oxygen atoms in total. The van der Waals surface area contributed by atoms with Gasteiger partial charge in [-0.2, -0.15) is 0 Å². The van der Waals surface area contributed by atoms with E-state index in [-0.39, 0.29) is 0 Å². The molecule has 2 heterocycles. The minimum absolute atomic E-state index is 0.962. The number of fused-ring (bicyclic) bond motifs is 3. The highest BCUT2D eigenvalue weighted by Gasteiger charge is 2.16. The van der Waals surface area contributed by atoms with Crippen LogP contribution in [0.1, 0.15) is 36.5 Å². The topological polar surface area (TPSA) is 24.9 Å². The number of nitrogens with zero attached hydrogens (tertiary/aromatic N) is 1. The Kier molecular flexibility index (Phi) is 3.30. The molecule has 110 valence electrons. The molecule has 1 N–H and O–H groups in total. The van der Waals surface area contributed by atoms with Crippen LogP contribution < -0.4 is 5.32 Å². The van der Waals surface area contributed by atoms with Crippen LogP contribution in [0, 0.1) is 0 Å². The molecule has 2 heteroatoms. The second kappa shape index (κ2) is 5.45. The number of para-hydroxylation sites is 1. The Hall–Kier alpha value is -2.35. The van der Waals surface area contributed by atoms with Gasteiger partial charge in [0.25, 0.3) is 0 Å². The average Bonchev–Trinajstić information content (AvgIpc) is 2.56. The lowest BCUT2D eigenvalue weighted by atomic mass is 9.96. The molecule has 0 aliphatic carbocycles. The number of benzene rings is 2. The van der Waals surface area contributed by atoms with Crippen molar-refractivity contribution in [3.05, 3.63) is 65.2 Å². The summed E-state index contributed by atoms with van der Waals surface area (Å²) in [6.45, 7) is 2.24.